The van der Waals surface area contributed by atoms with Crippen LogP contribution in [0.2, 0.25) is 0 Å². The molecule has 1 aromatic rings. The van der Waals surface area contributed by atoms with Gasteiger partial charge in [0.05, 0.1) is 20.4 Å². The molecule has 1 aliphatic heterocycles. The third-order valence-corrected chi connectivity index (χ3v) is 7.69. The number of piperidine rings is 1. The highest BCUT2D eigenvalue weighted by Gasteiger charge is 2.80. The smallest absolute Gasteiger partial charge is 0.245 e. The second-order valence-corrected chi connectivity index (χ2v) is 8.33. The van der Waals surface area contributed by atoms with E-state index in [1.165, 1.54) is 6.42 Å². The molecule has 6 nitrogen and oxygen atoms in total. The predicted octanol–water partition coefficient (Wildman–Crippen LogP) is 2.40. The Bertz CT molecular complexity index is 795. The summed E-state index contributed by atoms with van der Waals surface area (Å²) in [4.78, 5) is 12.6. The molecule has 6 heteroatoms. The second kappa shape index (κ2) is 5.38. The Morgan fingerprint density at radius 3 is 2.65 bits per heavy atom. The maximum absolute atomic E-state index is 12.6. The average Bonchev–Trinajstić information content (AvgIpc) is 3.08. The molecule has 1 amide bonds. The number of benzene rings is 1. The van der Waals surface area contributed by atoms with Gasteiger partial charge >= 0.3 is 0 Å². The van der Waals surface area contributed by atoms with Gasteiger partial charge in [-0.1, -0.05) is 13.8 Å². The number of hydrogen-bond donors (Lipinski definition) is 1. The fourth-order valence-corrected chi connectivity index (χ4v) is 5.95. The molecule has 4 atom stereocenters. The summed E-state index contributed by atoms with van der Waals surface area (Å²) in [5, 5.41) is 6.68. The number of rotatable bonds is 5. The van der Waals surface area contributed by atoms with Crippen LogP contribution in [0.4, 0.5) is 0 Å². The highest BCUT2D eigenvalue weighted by Crippen LogP contribution is 2.75. The topological polar surface area (TPSA) is 77.1 Å². The van der Waals surface area contributed by atoms with Crippen LogP contribution in [0.25, 0.3) is 0 Å². The SMILES string of the molecule is COc1ccc(/C=N\N2C[C@@]3(C)[C@H]4CC[C@]3(C)[C@@]2(C(N)=O)C4)cc1OC. The minimum atomic E-state index is -0.669. The van der Waals surface area contributed by atoms with Gasteiger partial charge in [0.1, 0.15) is 5.54 Å². The van der Waals surface area contributed by atoms with Crippen LogP contribution in [-0.2, 0) is 4.79 Å². The van der Waals surface area contributed by atoms with Crippen LogP contribution in [0.15, 0.2) is 23.3 Å². The Balaban J connectivity index is 1.67. The van der Waals surface area contributed by atoms with Crippen LogP contribution < -0.4 is 15.2 Å². The number of hydrogen-bond acceptors (Lipinski definition) is 5. The quantitative estimate of drug-likeness (QED) is 0.821. The molecule has 4 bridgehead atoms. The van der Waals surface area contributed by atoms with Gasteiger partial charge in [0.2, 0.25) is 5.91 Å². The lowest BCUT2D eigenvalue weighted by molar-refractivity contribution is -0.135. The number of methoxy groups -OCH3 is 2. The van der Waals surface area contributed by atoms with Crippen LogP contribution in [0.1, 0.15) is 38.7 Å². The van der Waals surface area contributed by atoms with Crippen molar-refractivity contribution in [1.29, 1.82) is 0 Å². The van der Waals surface area contributed by atoms with E-state index in [9.17, 15) is 4.79 Å². The first kappa shape index (κ1) is 17.2. The monoisotopic (exact) mass is 357 g/mol. The summed E-state index contributed by atoms with van der Waals surface area (Å²) in [7, 11) is 3.22. The van der Waals surface area contributed by atoms with Gasteiger partial charge < -0.3 is 15.2 Å². The Morgan fingerprint density at radius 2 is 2.04 bits per heavy atom. The number of hydrazone groups is 1. The van der Waals surface area contributed by atoms with Crippen LogP contribution in [-0.4, -0.2) is 43.4 Å². The molecule has 1 saturated heterocycles. The number of amides is 1. The summed E-state index contributed by atoms with van der Waals surface area (Å²) in [6.45, 7) is 5.32. The third-order valence-electron chi connectivity index (χ3n) is 7.69. The third kappa shape index (κ3) is 1.82. The fourth-order valence-electron chi connectivity index (χ4n) is 5.95. The summed E-state index contributed by atoms with van der Waals surface area (Å²) in [6.07, 6.45) is 4.83. The molecule has 2 aliphatic carbocycles. The van der Waals surface area contributed by atoms with Crippen LogP contribution in [0, 0.1) is 16.7 Å². The molecule has 0 aromatic heterocycles. The van der Waals surface area contributed by atoms with E-state index in [1.54, 1.807) is 20.4 Å². The fraction of sp³-hybridized carbons (Fsp3) is 0.600. The molecule has 140 valence electrons. The van der Waals surface area contributed by atoms with Gasteiger partial charge in [0.15, 0.2) is 11.5 Å². The second-order valence-electron chi connectivity index (χ2n) is 8.33. The first-order valence-electron chi connectivity index (χ1n) is 9.16. The molecule has 0 radical (unpaired) electrons. The molecule has 26 heavy (non-hydrogen) atoms. The van der Waals surface area contributed by atoms with E-state index in [-0.39, 0.29) is 16.7 Å². The maximum atomic E-state index is 12.6. The van der Waals surface area contributed by atoms with Crippen molar-refractivity contribution in [2.45, 2.75) is 38.6 Å². The Labute approximate surface area is 154 Å². The molecular weight excluding hydrogens is 330 g/mol. The van der Waals surface area contributed by atoms with Gasteiger partial charge in [0.25, 0.3) is 0 Å². The van der Waals surface area contributed by atoms with E-state index in [0.29, 0.717) is 17.4 Å². The summed E-state index contributed by atoms with van der Waals surface area (Å²) < 4.78 is 10.6. The maximum Gasteiger partial charge on any atom is 0.245 e. The van der Waals surface area contributed by atoms with E-state index in [1.807, 2.05) is 23.2 Å². The van der Waals surface area contributed by atoms with Crippen molar-refractivity contribution < 1.29 is 14.3 Å². The van der Waals surface area contributed by atoms with E-state index >= 15 is 0 Å². The number of carbonyl (C=O) groups is 1. The van der Waals surface area contributed by atoms with Crippen LogP contribution in [0.3, 0.4) is 0 Å². The lowest BCUT2D eigenvalue weighted by atomic mass is 9.65. The number of carbonyl (C=O) groups excluding carboxylic acids is 1. The number of ether oxygens (including phenoxy) is 2. The van der Waals surface area contributed by atoms with Gasteiger partial charge in [-0.25, -0.2) is 0 Å². The Kier molecular flexibility index (Phi) is 3.56. The molecule has 3 aliphatic rings. The number of nitrogens with zero attached hydrogens (tertiary/aromatic N) is 2. The lowest BCUT2D eigenvalue weighted by Crippen LogP contribution is -2.60. The minimum Gasteiger partial charge on any atom is -0.493 e. The summed E-state index contributed by atoms with van der Waals surface area (Å²) in [5.41, 5.74) is 6.17. The Hall–Kier alpha value is -2.24. The van der Waals surface area contributed by atoms with E-state index < -0.39 is 5.54 Å². The van der Waals surface area contributed by atoms with Crippen molar-refractivity contribution in [2.75, 3.05) is 20.8 Å². The zero-order valence-corrected chi connectivity index (χ0v) is 15.9. The molecule has 3 fully saturated rings. The molecule has 4 rings (SSSR count). The van der Waals surface area contributed by atoms with E-state index in [2.05, 4.69) is 13.8 Å². The Morgan fingerprint density at radius 1 is 1.31 bits per heavy atom. The first-order valence-corrected chi connectivity index (χ1v) is 9.16. The van der Waals surface area contributed by atoms with Crippen molar-refractivity contribution in [3.8, 4) is 11.5 Å². The molecule has 0 unspecified atom stereocenters. The summed E-state index contributed by atoms with van der Waals surface area (Å²) >= 11 is 0. The van der Waals surface area contributed by atoms with Crippen molar-refractivity contribution >= 4 is 12.1 Å². The average molecular weight is 357 g/mol. The molecular formula is C20H27N3O3. The van der Waals surface area contributed by atoms with Gasteiger partial charge in [-0.2, -0.15) is 5.10 Å². The molecule has 0 spiro atoms. The zero-order chi connectivity index (χ0) is 18.7. The molecule has 1 heterocycles. The lowest BCUT2D eigenvalue weighted by Gasteiger charge is -2.44. The van der Waals surface area contributed by atoms with Crippen molar-refractivity contribution in [3.63, 3.8) is 0 Å². The largest absolute Gasteiger partial charge is 0.493 e. The van der Waals surface area contributed by atoms with Gasteiger partial charge in [-0.05, 0) is 54.4 Å². The molecule has 1 aromatic carbocycles. The normalized spacial score (nSPS) is 37.5. The van der Waals surface area contributed by atoms with E-state index in [4.69, 9.17) is 20.3 Å². The van der Waals surface area contributed by atoms with Crippen molar-refractivity contribution in [3.05, 3.63) is 23.8 Å². The summed E-state index contributed by atoms with van der Waals surface area (Å²) in [5.74, 6) is 1.65. The first-order chi connectivity index (χ1) is 12.3. The number of nitrogens with two attached hydrogens (primary N) is 1. The van der Waals surface area contributed by atoms with Gasteiger partial charge in [0, 0.05) is 12.0 Å². The molecule has 2 N–H and O–H groups in total. The zero-order valence-electron chi connectivity index (χ0n) is 15.9. The predicted molar refractivity (Wildman–Crippen MR) is 99.3 cm³/mol. The summed E-state index contributed by atoms with van der Waals surface area (Å²) in [6, 6.07) is 5.65. The van der Waals surface area contributed by atoms with Crippen molar-refractivity contribution in [1.82, 2.24) is 5.01 Å². The highest BCUT2D eigenvalue weighted by atomic mass is 16.5. The van der Waals surface area contributed by atoms with E-state index in [0.717, 1.165) is 24.9 Å². The van der Waals surface area contributed by atoms with Crippen LogP contribution in [0.5, 0.6) is 11.5 Å². The van der Waals surface area contributed by atoms with Crippen LogP contribution >= 0.6 is 0 Å². The minimum absolute atomic E-state index is 0.0942. The standard InChI is InChI=1S/C20H27N3O3/c1-18-12-23(20(17(21)24)10-14(18)7-8-19(18,20)2)22-11-13-5-6-15(25-3)16(9-13)26-4/h5-6,9,11,14H,7-8,10,12H2,1-4H3,(H2,21,24)/b22-11-/t14-,18-,19-,20-/m0/s1. The highest BCUT2D eigenvalue weighted by molar-refractivity contribution is 5.88. The van der Waals surface area contributed by atoms with Gasteiger partial charge in [-0.15, -0.1) is 0 Å². The molecule has 2 saturated carbocycles. The van der Waals surface area contributed by atoms with Gasteiger partial charge in [-0.3, -0.25) is 9.80 Å². The van der Waals surface area contributed by atoms with Crippen molar-refractivity contribution in [2.24, 2.45) is 27.6 Å². The number of primary amides is 1.